The number of allylic oxidation sites excluding steroid dienone is 7. The maximum Gasteiger partial charge on any atom is 0.233 e. The van der Waals surface area contributed by atoms with Crippen molar-refractivity contribution in [3.05, 3.63) is 136 Å². The molecule has 0 aromatic heterocycles. The molecule has 1 saturated heterocycles. The van der Waals surface area contributed by atoms with Gasteiger partial charge in [-0.1, -0.05) is 113 Å². The van der Waals surface area contributed by atoms with Gasteiger partial charge in [0.05, 0.1) is 22.1 Å². The van der Waals surface area contributed by atoms with Crippen LogP contribution in [0.2, 0.25) is 0 Å². The van der Waals surface area contributed by atoms with E-state index in [-0.39, 0.29) is 59.0 Å². The van der Waals surface area contributed by atoms with E-state index in [1.54, 1.807) is 23.9 Å². The van der Waals surface area contributed by atoms with E-state index >= 15 is 0 Å². The average Bonchev–Trinajstić information content (AvgIpc) is 3.74. The highest BCUT2D eigenvalue weighted by atomic mass is 32.2. The summed E-state index contributed by atoms with van der Waals surface area (Å²) in [4.78, 5) is 45.2. The molecule has 11 heteroatoms. The Hall–Kier alpha value is -4.84. The van der Waals surface area contributed by atoms with Gasteiger partial charge in [-0.15, -0.1) is 0 Å². The highest BCUT2D eigenvalue weighted by Gasteiger charge is 2.44. The van der Waals surface area contributed by atoms with Gasteiger partial charge in [-0.25, -0.2) is 8.42 Å². The number of rotatable bonds is 18. The number of hydrogen-bond acceptors (Lipinski definition) is 8. The van der Waals surface area contributed by atoms with E-state index in [9.17, 15) is 27.4 Å². The third-order valence-corrected chi connectivity index (χ3v) is 15.5. The van der Waals surface area contributed by atoms with Gasteiger partial charge in [-0.05, 0) is 99.3 Å². The second-order valence-electron chi connectivity index (χ2n) is 19.5. The van der Waals surface area contributed by atoms with Crippen molar-refractivity contribution in [2.45, 2.75) is 122 Å². The van der Waals surface area contributed by atoms with Crippen molar-refractivity contribution < 1.29 is 31.9 Å². The molecule has 0 radical (unpaired) electrons. The van der Waals surface area contributed by atoms with Gasteiger partial charge in [0.15, 0.2) is 11.5 Å². The van der Waals surface area contributed by atoms with Crippen LogP contribution in [-0.2, 0) is 30.5 Å². The second-order valence-corrected chi connectivity index (χ2v) is 22.1. The van der Waals surface area contributed by atoms with Gasteiger partial charge in [-0.3, -0.25) is 19.3 Å². The number of thioether (sulfide) groups is 1. The molecule has 344 valence electrons. The van der Waals surface area contributed by atoms with Crippen molar-refractivity contribution in [1.29, 1.82) is 0 Å². The molecule has 4 aliphatic rings. The fourth-order valence-electron chi connectivity index (χ4n) is 10.1. The Morgan fingerprint density at radius 2 is 1.58 bits per heavy atom. The Labute approximate surface area is 391 Å². The van der Waals surface area contributed by atoms with Crippen LogP contribution >= 0.6 is 11.8 Å². The van der Waals surface area contributed by atoms with Crippen LogP contribution in [0.15, 0.2) is 124 Å². The summed E-state index contributed by atoms with van der Waals surface area (Å²) in [6, 6.07) is 24.6. The molecule has 7 rings (SSSR count). The third kappa shape index (κ3) is 10.6. The van der Waals surface area contributed by atoms with Crippen molar-refractivity contribution in [3.8, 4) is 0 Å². The molecule has 0 saturated carbocycles. The molecule has 0 N–H and O–H groups in total. The highest BCUT2D eigenvalue weighted by molar-refractivity contribution is 8.03. The van der Waals surface area contributed by atoms with Crippen LogP contribution < -0.4 is 4.90 Å². The SMILES string of the molecule is CCCCN1/C(=C/C=C2\CCCC(/C=C/C3=[N+](CCCCS(=O)(=O)[O-])c4ccccc4C3(C)C)=C2Sc2ccc(C(=O)CN3C(=O)CC(CC(C)C)C3=O)cc2)C(C)(C)c2ccccc21. The lowest BCUT2D eigenvalue weighted by molar-refractivity contribution is -0.438. The van der Waals surface area contributed by atoms with Gasteiger partial charge in [0.2, 0.25) is 17.5 Å². The average molecular weight is 916 g/mol. The van der Waals surface area contributed by atoms with Crippen LogP contribution in [0.25, 0.3) is 0 Å². The lowest BCUT2D eigenvalue weighted by atomic mass is 9.81. The van der Waals surface area contributed by atoms with E-state index in [0.717, 1.165) is 59.8 Å². The van der Waals surface area contributed by atoms with Crippen LogP contribution in [0.1, 0.15) is 128 Å². The molecule has 1 fully saturated rings. The highest BCUT2D eigenvalue weighted by Crippen LogP contribution is 2.49. The molecule has 1 aliphatic carbocycles. The smallest absolute Gasteiger partial charge is 0.233 e. The number of carbonyl (C=O) groups excluding carboxylic acids is 3. The number of carbonyl (C=O) groups is 3. The van der Waals surface area contributed by atoms with Crippen LogP contribution in [-0.4, -0.2) is 71.1 Å². The monoisotopic (exact) mass is 915 g/mol. The van der Waals surface area contributed by atoms with Crippen LogP contribution in [0.4, 0.5) is 11.4 Å². The zero-order valence-corrected chi connectivity index (χ0v) is 40.8. The maximum absolute atomic E-state index is 13.5. The molecule has 65 heavy (non-hydrogen) atoms. The summed E-state index contributed by atoms with van der Waals surface area (Å²) < 4.78 is 36.6. The first-order chi connectivity index (χ1) is 30.9. The molecular weight excluding hydrogens is 851 g/mol. The van der Waals surface area contributed by atoms with Crippen molar-refractivity contribution >= 4 is 56.6 Å². The topological polar surface area (TPSA) is 118 Å². The lowest BCUT2D eigenvalue weighted by Crippen LogP contribution is -2.35. The summed E-state index contributed by atoms with van der Waals surface area (Å²) in [6.07, 6.45) is 15.8. The third-order valence-electron chi connectivity index (χ3n) is 13.5. The van der Waals surface area contributed by atoms with E-state index in [0.29, 0.717) is 31.4 Å². The Bertz CT molecular complexity index is 2600. The van der Waals surface area contributed by atoms with Crippen LogP contribution in [0.3, 0.4) is 0 Å². The summed E-state index contributed by atoms with van der Waals surface area (Å²) in [5, 5.41) is 0. The van der Waals surface area contributed by atoms with Gasteiger partial charge >= 0.3 is 0 Å². The zero-order valence-electron chi connectivity index (χ0n) is 39.2. The molecule has 1 unspecified atom stereocenters. The number of unbranched alkanes of at least 4 members (excludes halogenated alkanes) is 2. The Morgan fingerprint density at radius 3 is 2.29 bits per heavy atom. The molecule has 9 nitrogen and oxygen atoms in total. The van der Waals surface area contributed by atoms with Crippen LogP contribution in [0.5, 0.6) is 0 Å². The number of benzene rings is 3. The quantitative estimate of drug-likeness (QED) is 0.0407. The number of fused-ring (bicyclic) bond motifs is 2. The number of amides is 2. The van der Waals surface area contributed by atoms with Gasteiger partial charge in [0, 0.05) is 80.9 Å². The lowest BCUT2D eigenvalue weighted by Gasteiger charge is -2.27. The van der Waals surface area contributed by atoms with Crippen molar-refractivity contribution in [3.63, 3.8) is 0 Å². The standard InChI is InChI=1S/C54H65N3O6S2/c1-8-9-31-55-45-21-12-10-19-43(45)53(4,5)48(55)29-25-39-17-16-18-40(26-30-49-54(6,7)44-20-11-13-22-46(44)56(49)32-14-15-33-65(61,62)63)51(39)64-42-27-23-38(24-28-42)47(58)36-57-50(59)35-41(52(57)60)34-37(2)3/h10-13,19-30,37,41H,8-9,14-18,31-36H2,1-7H3. The first-order valence-electron chi connectivity index (χ1n) is 23.4. The summed E-state index contributed by atoms with van der Waals surface area (Å²) in [6.45, 7) is 16.7. The fraction of sp³-hybridized carbons (Fsp3) is 0.444. The number of nitrogens with zero attached hydrogens (tertiary/aromatic N) is 3. The number of hydrogen-bond donors (Lipinski definition) is 0. The van der Waals surface area contributed by atoms with Crippen molar-refractivity contribution in [2.24, 2.45) is 11.8 Å². The van der Waals surface area contributed by atoms with Gasteiger partial charge in [0.25, 0.3) is 0 Å². The first kappa shape index (κ1) is 48.1. The number of Topliss-reactive ketones (excluding diaryl/α,β-unsaturated/α-hetero) is 1. The predicted molar refractivity (Wildman–Crippen MR) is 262 cm³/mol. The van der Waals surface area contributed by atoms with Gasteiger partial charge in [-0.2, -0.15) is 4.58 Å². The van der Waals surface area contributed by atoms with Crippen molar-refractivity contribution in [1.82, 2.24) is 4.90 Å². The molecule has 3 aromatic carbocycles. The summed E-state index contributed by atoms with van der Waals surface area (Å²) in [7, 11) is -4.29. The number of para-hydroxylation sites is 2. The summed E-state index contributed by atoms with van der Waals surface area (Å²) in [5.41, 5.74) is 9.70. The molecule has 0 bridgehead atoms. The van der Waals surface area contributed by atoms with Gasteiger partial charge in [0.1, 0.15) is 6.54 Å². The number of likely N-dealkylation sites (tertiary alicyclic amines) is 1. The molecular formula is C54H65N3O6S2. The number of anilines is 1. The van der Waals surface area contributed by atoms with E-state index in [2.05, 4.69) is 111 Å². The molecule has 0 spiro atoms. The van der Waals surface area contributed by atoms with Crippen LogP contribution in [0, 0.1) is 11.8 Å². The number of imide groups is 1. The van der Waals surface area contributed by atoms with E-state index in [1.807, 2.05) is 32.0 Å². The second kappa shape index (κ2) is 19.9. The molecule has 3 aromatic rings. The molecule has 3 aliphatic heterocycles. The van der Waals surface area contributed by atoms with E-state index in [4.69, 9.17) is 0 Å². The minimum atomic E-state index is -4.29. The molecule has 2 amide bonds. The fourth-order valence-corrected chi connectivity index (χ4v) is 11.7. The largest absolute Gasteiger partial charge is 0.748 e. The Morgan fingerprint density at radius 1 is 0.877 bits per heavy atom. The predicted octanol–water partition coefficient (Wildman–Crippen LogP) is 11.2. The Balaban J connectivity index is 1.25. The molecule has 1 atom stereocenters. The van der Waals surface area contributed by atoms with Gasteiger partial charge < -0.3 is 9.45 Å². The van der Waals surface area contributed by atoms with E-state index < -0.39 is 10.1 Å². The minimum absolute atomic E-state index is 0.163. The maximum atomic E-state index is 13.5. The van der Waals surface area contributed by atoms with Crippen molar-refractivity contribution in [2.75, 3.05) is 30.3 Å². The Kier molecular flexibility index (Phi) is 14.8. The summed E-state index contributed by atoms with van der Waals surface area (Å²) >= 11 is 1.69. The normalized spacial score (nSPS) is 20.7. The van der Waals surface area contributed by atoms with E-state index in [1.165, 1.54) is 38.6 Å². The summed E-state index contributed by atoms with van der Waals surface area (Å²) in [5.74, 6) is -1.24. The zero-order chi connectivity index (χ0) is 46.7. The minimum Gasteiger partial charge on any atom is -0.748 e. The molecule has 3 heterocycles. The first-order valence-corrected chi connectivity index (χ1v) is 25.8. The number of ketones is 1.